The van der Waals surface area contributed by atoms with E-state index in [0.717, 1.165) is 0 Å². The predicted molar refractivity (Wildman–Crippen MR) is 51.1 cm³/mol. The highest BCUT2D eigenvalue weighted by atomic mass is 16.5. The van der Waals surface area contributed by atoms with E-state index >= 15 is 0 Å². The van der Waals surface area contributed by atoms with E-state index in [-0.39, 0.29) is 13.2 Å². The Kier molecular flexibility index (Phi) is 5.55. The molecule has 0 unspecified atom stereocenters. The molecule has 0 atom stereocenters. The summed E-state index contributed by atoms with van der Waals surface area (Å²) >= 11 is 0. The number of carbonyl (C=O) groups is 1. The van der Waals surface area contributed by atoms with Crippen LogP contribution in [-0.2, 0) is 9.53 Å². The fourth-order valence-corrected chi connectivity index (χ4v) is 0.754. The Balaban J connectivity index is 4.45. The number of carbonyl (C=O) groups excluding carboxylic acids is 1. The van der Waals surface area contributed by atoms with Crippen molar-refractivity contribution < 1.29 is 14.6 Å². The van der Waals surface area contributed by atoms with Crippen LogP contribution in [-0.4, -0.2) is 24.3 Å². The largest absolute Gasteiger partial charge is 0.460 e. The third-order valence-corrected chi connectivity index (χ3v) is 1.50. The fraction of sp³-hybridized carbons (Fsp3) is 0.300. The SMILES string of the molecule is C=CC(C=C)=C(C)C(=O)OCCO. The first-order valence-electron chi connectivity index (χ1n) is 3.91. The van der Waals surface area contributed by atoms with E-state index in [1.165, 1.54) is 12.2 Å². The quantitative estimate of drug-likeness (QED) is 0.395. The molecule has 0 rings (SSSR count). The van der Waals surface area contributed by atoms with Crippen LogP contribution in [0.15, 0.2) is 36.5 Å². The molecule has 3 heteroatoms. The Bertz CT molecular complexity index is 229. The van der Waals surface area contributed by atoms with Crippen molar-refractivity contribution in [2.24, 2.45) is 0 Å². The molecule has 0 aromatic heterocycles. The lowest BCUT2D eigenvalue weighted by molar-refractivity contribution is -0.139. The average molecular weight is 182 g/mol. The number of allylic oxidation sites excluding steroid dienone is 3. The van der Waals surface area contributed by atoms with E-state index in [1.807, 2.05) is 0 Å². The molecule has 13 heavy (non-hydrogen) atoms. The Morgan fingerprint density at radius 1 is 1.46 bits per heavy atom. The van der Waals surface area contributed by atoms with Crippen molar-refractivity contribution in [1.29, 1.82) is 0 Å². The molecule has 0 saturated heterocycles. The van der Waals surface area contributed by atoms with Crippen molar-refractivity contribution in [1.82, 2.24) is 0 Å². The monoisotopic (exact) mass is 182 g/mol. The van der Waals surface area contributed by atoms with Crippen molar-refractivity contribution in [2.45, 2.75) is 6.92 Å². The van der Waals surface area contributed by atoms with E-state index in [4.69, 9.17) is 9.84 Å². The molecule has 0 bridgehead atoms. The highest BCUT2D eigenvalue weighted by Gasteiger charge is 2.07. The van der Waals surface area contributed by atoms with Crippen molar-refractivity contribution in [2.75, 3.05) is 13.2 Å². The summed E-state index contributed by atoms with van der Waals surface area (Å²) < 4.78 is 4.70. The van der Waals surface area contributed by atoms with Gasteiger partial charge in [-0.25, -0.2) is 4.79 Å². The van der Waals surface area contributed by atoms with Gasteiger partial charge in [-0.15, -0.1) is 0 Å². The van der Waals surface area contributed by atoms with E-state index in [1.54, 1.807) is 6.92 Å². The van der Waals surface area contributed by atoms with Gasteiger partial charge in [0.25, 0.3) is 0 Å². The molecule has 0 saturated carbocycles. The molecular formula is C10H14O3. The number of rotatable bonds is 5. The van der Waals surface area contributed by atoms with Crippen molar-refractivity contribution in [3.8, 4) is 0 Å². The first kappa shape index (κ1) is 11.6. The van der Waals surface area contributed by atoms with Crippen LogP contribution in [0.5, 0.6) is 0 Å². The molecule has 0 aliphatic carbocycles. The zero-order valence-electron chi connectivity index (χ0n) is 7.75. The Morgan fingerprint density at radius 2 is 2.00 bits per heavy atom. The van der Waals surface area contributed by atoms with Gasteiger partial charge in [-0.05, 0) is 12.5 Å². The van der Waals surface area contributed by atoms with Crippen LogP contribution in [0.3, 0.4) is 0 Å². The third-order valence-electron chi connectivity index (χ3n) is 1.50. The van der Waals surface area contributed by atoms with Crippen LogP contribution >= 0.6 is 0 Å². The Labute approximate surface area is 78.0 Å². The molecule has 0 amide bonds. The molecule has 0 aliphatic heterocycles. The zero-order valence-corrected chi connectivity index (χ0v) is 7.75. The smallest absolute Gasteiger partial charge is 0.334 e. The first-order valence-corrected chi connectivity index (χ1v) is 3.91. The molecule has 72 valence electrons. The molecule has 0 fully saturated rings. The summed E-state index contributed by atoms with van der Waals surface area (Å²) in [6.07, 6.45) is 3.06. The Hall–Kier alpha value is -1.35. The standard InChI is InChI=1S/C10H14O3/c1-4-9(5-2)8(3)10(12)13-7-6-11/h4-5,11H,1-2,6-7H2,3H3. The molecule has 1 N–H and O–H groups in total. The molecule has 0 spiro atoms. The van der Waals surface area contributed by atoms with E-state index in [9.17, 15) is 4.79 Å². The van der Waals surface area contributed by atoms with Gasteiger partial charge in [-0.1, -0.05) is 25.3 Å². The van der Waals surface area contributed by atoms with Gasteiger partial charge in [-0.2, -0.15) is 0 Å². The second-order valence-electron chi connectivity index (χ2n) is 2.35. The predicted octanol–water partition coefficient (Wildman–Crippen LogP) is 1.21. The van der Waals surface area contributed by atoms with Gasteiger partial charge in [0, 0.05) is 5.57 Å². The van der Waals surface area contributed by atoms with E-state index < -0.39 is 5.97 Å². The van der Waals surface area contributed by atoms with E-state index in [0.29, 0.717) is 11.1 Å². The highest BCUT2D eigenvalue weighted by Crippen LogP contribution is 2.07. The van der Waals surface area contributed by atoms with Gasteiger partial charge < -0.3 is 9.84 Å². The maximum atomic E-state index is 11.2. The maximum absolute atomic E-state index is 11.2. The summed E-state index contributed by atoms with van der Waals surface area (Å²) in [6, 6.07) is 0. The van der Waals surface area contributed by atoms with Crippen LogP contribution < -0.4 is 0 Å². The lowest BCUT2D eigenvalue weighted by Gasteiger charge is -2.04. The van der Waals surface area contributed by atoms with Crippen LogP contribution in [0.2, 0.25) is 0 Å². The summed E-state index contributed by atoms with van der Waals surface area (Å²) in [6.45, 7) is 8.52. The second-order valence-corrected chi connectivity index (χ2v) is 2.35. The van der Waals surface area contributed by atoms with Gasteiger partial charge in [0.2, 0.25) is 0 Å². The van der Waals surface area contributed by atoms with Crippen LogP contribution in [0.25, 0.3) is 0 Å². The normalized spacial score (nSPS) is 8.77. The van der Waals surface area contributed by atoms with Gasteiger partial charge in [-0.3, -0.25) is 0 Å². The third kappa shape index (κ3) is 3.71. The van der Waals surface area contributed by atoms with Crippen molar-refractivity contribution in [3.05, 3.63) is 36.5 Å². The number of hydrogen-bond acceptors (Lipinski definition) is 3. The van der Waals surface area contributed by atoms with Crippen molar-refractivity contribution >= 4 is 5.97 Å². The maximum Gasteiger partial charge on any atom is 0.334 e. The van der Waals surface area contributed by atoms with Gasteiger partial charge in [0.05, 0.1) is 6.61 Å². The number of aliphatic hydroxyl groups excluding tert-OH is 1. The number of hydrogen-bond donors (Lipinski definition) is 1. The van der Waals surface area contributed by atoms with E-state index in [2.05, 4.69) is 13.2 Å². The Morgan fingerprint density at radius 3 is 2.38 bits per heavy atom. The summed E-state index contributed by atoms with van der Waals surface area (Å²) in [7, 11) is 0. The molecular weight excluding hydrogens is 168 g/mol. The summed E-state index contributed by atoms with van der Waals surface area (Å²) in [5, 5.41) is 8.42. The second kappa shape index (κ2) is 6.20. The molecule has 0 heterocycles. The topological polar surface area (TPSA) is 46.5 Å². The lowest BCUT2D eigenvalue weighted by atomic mass is 10.1. The molecule has 3 nitrogen and oxygen atoms in total. The zero-order chi connectivity index (χ0) is 10.3. The minimum Gasteiger partial charge on any atom is -0.460 e. The molecule has 0 aromatic rings. The van der Waals surface area contributed by atoms with Crippen LogP contribution in [0.4, 0.5) is 0 Å². The van der Waals surface area contributed by atoms with Crippen molar-refractivity contribution in [3.63, 3.8) is 0 Å². The van der Waals surface area contributed by atoms with Gasteiger partial charge in [0.1, 0.15) is 6.61 Å². The first-order chi connectivity index (χ1) is 6.17. The number of ether oxygens (including phenoxy) is 1. The minimum absolute atomic E-state index is 0.0116. The summed E-state index contributed by atoms with van der Waals surface area (Å²) in [5.74, 6) is -0.455. The molecule has 0 aliphatic rings. The van der Waals surface area contributed by atoms with Gasteiger partial charge in [0.15, 0.2) is 0 Å². The van der Waals surface area contributed by atoms with Crippen LogP contribution in [0, 0.1) is 0 Å². The molecule has 0 aromatic carbocycles. The lowest BCUT2D eigenvalue weighted by Crippen LogP contribution is -2.10. The number of esters is 1. The molecule has 0 radical (unpaired) electrons. The average Bonchev–Trinajstić information content (AvgIpc) is 2.15. The minimum atomic E-state index is -0.455. The fourth-order valence-electron chi connectivity index (χ4n) is 0.754. The number of aliphatic hydroxyl groups is 1. The summed E-state index contributed by atoms with van der Waals surface area (Å²) in [4.78, 5) is 11.2. The summed E-state index contributed by atoms with van der Waals surface area (Å²) in [5.41, 5.74) is 1.08. The van der Waals surface area contributed by atoms with Crippen LogP contribution in [0.1, 0.15) is 6.92 Å². The highest BCUT2D eigenvalue weighted by molar-refractivity contribution is 5.89. The van der Waals surface area contributed by atoms with Gasteiger partial charge >= 0.3 is 5.97 Å².